The average Bonchev–Trinajstić information content (AvgIpc) is 2.40. The van der Waals surface area contributed by atoms with Gasteiger partial charge in [0.25, 0.3) is 0 Å². The van der Waals surface area contributed by atoms with Crippen LogP contribution in [-0.4, -0.2) is 30.1 Å². The molecule has 2 N–H and O–H groups in total. The van der Waals surface area contributed by atoms with Gasteiger partial charge in [-0.1, -0.05) is 34.6 Å². The van der Waals surface area contributed by atoms with E-state index in [1.807, 2.05) is 6.92 Å². The molecule has 0 fully saturated rings. The van der Waals surface area contributed by atoms with Crippen LogP contribution in [0, 0.1) is 23.2 Å². The molecule has 3 heteroatoms. The maximum absolute atomic E-state index is 9.11. The fraction of sp³-hybridized carbons (Fsp3) is 0.941. The molecule has 1 atom stereocenters. The second kappa shape index (κ2) is 10.2. The third kappa shape index (κ3) is 9.34. The quantitative estimate of drug-likeness (QED) is 0.627. The molecular formula is C17H35N3. The lowest BCUT2D eigenvalue weighted by molar-refractivity contribution is 0.233. The van der Waals surface area contributed by atoms with Crippen LogP contribution in [0.3, 0.4) is 0 Å². The van der Waals surface area contributed by atoms with Gasteiger partial charge < -0.3 is 10.6 Å². The van der Waals surface area contributed by atoms with Crippen LogP contribution in [0.4, 0.5) is 0 Å². The van der Waals surface area contributed by atoms with Gasteiger partial charge in [-0.05, 0) is 63.6 Å². The summed E-state index contributed by atoms with van der Waals surface area (Å²) in [5, 5.41) is 9.11. The van der Waals surface area contributed by atoms with E-state index in [2.05, 4.69) is 38.7 Å². The van der Waals surface area contributed by atoms with Crippen molar-refractivity contribution in [3.05, 3.63) is 0 Å². The van der Waals surface area contributed by atoms with Crippen molar-refractivity contribution in [1.29, 1.82) is 5.26 Å². The van der Waals surface area contributed by atoms with E-state index in [9.17, 15) is 0 Å². The molecule has 0 aliphatic heterocycles. The third-order valence-corrected chi connectivity index (χ3v) is 4.00. The molecule has 0 aromatic rings. The summed E-state index contributed by atoms with van der Waals surface area (Å²) in [6, 6.07) is 2.26. The van der Waals surface area contributed by atoms with Crippen LogP contribution >= 0.6 is 0 Å². The Labute approximate surface area is 126 Å². The zero-order chi connectivity index (χ0) is 15.6. The summed E-state index contributed by atoms with van der Waals surface area (Å²) in [6.07, 6.45) is 5.06. The van der Waals surface area contributed by atoms with Crippen molar-refractivity contribution in [1.82, 2.24) is 4.90 Å². The molecule has 0 bridgehead atoms. The van der Waals surface area contributed by atoms with E-state index in [-0.39, 0.29) is 0 Å². The molecule has 0 aromatic carbocycles. The van der Waals surface area contributed by atoms with Gasteiger partial charge in [0.15, 0.2) is 0 Å². The monoisotopic (exact) mass is 281 g/mol. The predicted octanol–water partition coefficient (Wildman–Crippen LogP) is 3.79. The summed E-state index contributed by atoms with van der Waals surface area (Å²) in [4.78, 5) is 2.55. The standard InChI is InChI=1S/C17H35N3/c1-6-17(19,14-18)10-7-11-20(12-8-15(2)3)13-9-16(4)5/h15-16H,6-13,19H2,1-5H3. The summed E-state index contributed by atoms with van der Waals surface area (Å²) in [5.74, 6) is 1.50. The summed E-state index contributed by atoms with van der Waals surface area (Å²) in [6.45, 7) is 14.5. The highest BCUT2D eigenvalue weighted by Gasteiger charge is 2.21. The molecule has 0 aliphatic rings. The van der Waals surface area contributed by atoms with Gasteiger partial charge in [0.1, 0.15) is 5.54 Å². The highest BCUT2D eigenvalue weighted by molar-refractivity contribution is 5.03. The Hall–Kier alpha value is -0.590. The first-order chi connectivity index (χ1) is 9.33. The van der Waals surface area contributed by atoms with E-state index in [4.69, 9.17) is 11.0 Å². The van der Waals surface area contributed by atoms with Gasteiger partial charge in [0.2, 0.25) is 0 Å². The van der Waals surface area contributed by atoms with E-state index in [0.29, 0.717) is 0 Å². The summed E-state index contributed by atoms with van der Waals surface area (Å²) in [5.41, 5.74) is 5.42. The largest absolute Gasteiger partial charge is 0.313 e. The molecule has 1 unspecified atom stereocenters. The minimum atomic E-state index is -0.623. The Balaban J connectivity index is 4.17. The van der Waals surface area contributed by atoms with E-state index in [1.165, 1.54) is 25.9 Å². The molecule has 3 nitrogen and oxygen atoms in total. The highest BCUT2D eigenvalue weighted by Crippen LogP contribution is 2.14. The molecule has 118 valence electrons. The molecule has 0 spiro atoms. The molecule has 0 heterocycles. The van der Waals surface area contributed by atoms with Crippen molar-refractivity contribution in [3.63, 3.8) is 0 Å². The molecule has 0 aromatic heterocycles. The van der Waals surface area contributed by atoms with Crippen LogP contribution in [0.25, 0.3) is 0 Å². The molecule has 0 saturated heterocycles. The maximum atomic E-state index is 9.11. The van der Waals surface area contributed by atoms with Crippen LogP contribution < -0.4 is 5.73 Å². The van der Waals surface area contributed by atoms with E-state index in [0.717, 1.165) is 37.6 Å². The van der Waals surface area contributed by atoms with Crippen molar-refractivity contribution in [2.24, 2.45) is 17.6 Å². The smallest absolute Gasteiger partial charge is 0.104 e. The van der Waals surface area contributed by atoms with Crippen LogP contribution in [0.5, 0.6) is 0 Å². The Morgan fingerprint density at radius 3 is 1.90 bits per heavy atom. The first-order valence-electron chi connectivity index (χ1n) is 8.25. The second-order valence-electron chi connectivity index (χ2n) is 6.93. The minimum Gasteiger partial charge on any atom is -0.313 e. The van der Waals surface area contributed by atoms with Crippen molar-refractivity contribution in [2.45, 2.75) is 72.3 Å². The molecular weight excluding hydrogens is 246 g/mol. The van der Waals surface area contributed by atoms with E-state index < -0.39 is 5.54 Å². The van der Waals surface area contributed by atoms with E-state index >= 15 is 0 Å². The number of rotatable bonds is 11. The van der Waals surface area contributed by atoms with Crippen molar-refractivity contribution in [3.8, 4) is 6.07 Å². The lowest BCUT2D eigenvalue weighted by Crippen LogP contribution is -2.38. The van der Waals surface area contributed by atoms with Gasteiger partial charge in [-0.2, -0.15) is 5.26 Å². The predicted molar refractivity (Wildman–Crippen MR) is 87.4 cm³/mol. The fourth-order valence-corrected chi connectivity index (χ4v) is 2.15. The normalized spacial score (nSPS) is 14.8. The Morgan fingerprint density at radius 2 is 1.55 bits per heavy atom. The van der Waals surface area contributed by atoms with Crippen LogP contribution in [-0.2, 0) is 0 Å². The molecule has 0 rings (SSSR count). The highest BCUT2D eigenvalue weighted by atomic mass is 15.1. The summed E-state index contributed by atoms with van der Waals surface area (Å²) >= 11 is 0. The number of nitrogens with two attached hydrogens (primary N) is 1. The van der Waals surface area contributed by atoms with Gasteiger partial charge in [0.05, 0.1) is 6.07 Å². The van der Waals surface area contributed by atoms with Crippen molar-refractivity contribution in [2.75, 3.05) is 19.6 Å². The molecule has 0 radical (unpaired) electrons. The Bertz CT molecular complexity index is 268. The van der Waals surface area contributed by atoms with Crippen molar-refractivity contribution >= 4 is 0 Å². The lowest BCUT2D eigenvalue weighted by atomic mass is 9.93. The number of hydrogen-bond donors (Lipinski definition) is 1. The molecule has 0 aliphatic carbocycles. The topological polar surface area (TPSA) is 53.1 Å². The first-order valence-corrected chi connectivity index (χ1v) is 8.25. The minimum absolute atomic E-state index is 0.623. The van der Waals surface area contributed by atoms with Gasteiger partial charge in [-0.15, -0.1) is 0 Å². The summed E-state index contributed by atoms with van der Waals surface area (Å²) in [7, 11) is 0. The Morgan fingerprint density at radius 1 is 1.05 bits per heavy atom. The molecule has 0 amide bonds. The van der Waals surface area contributed by atoms with Crippen LogP contribution in [0.2, 0.25) is 0 Å². The van der Waals surface area contributed by atoms with Gasteiger partial charge in [-0.3, -0.25) is 0 Å². The zero-order valence-electron chi connectivity index (χ0n) is 14.3. The van der Waals surface area contributed by atoms with Crippen molar-refractivity contribution < 1.29 is 0 Å². The first kappa shape index (κ1) is 19.4. The lowest BCUT2D eigenvalue weighted by Gasteiger charge is -2.26. The fourth-order valence-electron chi connectivity index (χ4n) is 2.15. The third-order valence-electron chi connectivity index (χ3n) is 4.00. The number of hydrogen-bond acceptors (Lipinski definition) is 3. The Kier molecular flexibility index (Phi) is 9.88. The van der Waals surface area contributed by atoms with Gasteiger partial charge in [0, 0.05) is 0 Å². The SMILES string of the molecule is CCC(N)(C#N)CCCN(CCC(C)C)CCC(C)C. The van der Waals surface area contributed by atoms with Crippen LogP contribution in [0.15, 0.2) is 0 Å². The van der Waals surface area contributed by atoms with Gasteiger partial charge >= 0.3 is 0 Å². The second-order valence-corrected chi connectivity index (χ2v) is 6.93. The maximum Gasteiger partial charge on any atom is 0.104 e. The summed E-state index contributed by atoms with van der Waals surface area (Å²) < 4.78 is 0. The van der Waals surface area contributed by atoms with Crippen LogP contribution in [0.1, 0.15) is 66.7 Å². The number of nitriles is 1. The molecule has 20 heavy (non-hydrogen) atoms. The number of nitrogens with zero attached hydrogens (tertiary/aromatic N) is 2. The molecule has 0 saturated carbocycles. The zero-order valence-corrected chi connectivity index (χ0v) is 14.3. The van der Waals surface area contributed by atoms with Gasteiger partial charge in [-0.25, -0.2) is 0 Å². The average molecular weight is 281 g/mol. The van der Waals surface area contributed by atoms with E-state index in [1.54, 1.807) is 0 Å².